The van der Waals surface area contributed by atoms with Crippen molar-refractivity contribution < 1.29 is 13.9 Å². The topological polar surface area (TPSA) is 54.3 Å². The standard InChI is InChI=1S/C16H15FN2O2/c1-20-14-5-6-15(16(8-14)21-2)19-10-12-7-13(17)4-3-11(12)9-18/h3-8,19H,10H2,1-2H3. The highest BCUT2D eigenvalue weighted by Crippen LogP contribution is 2.29. The normalized spacial score (nSPS) is 9.81. The van der Waals surface area contributed by atoms with Gasteiger partial charge in [-0.3, -0.25) is 0 Å². The van der Waals surface area contributed by atoms with E-state index in [1.165, 1.54) is 18.2 Å². The molecule has 108 valence electrons. The van der Waals surface area contributed by atoms with Crippen LogP contribution < -0.4 is 14.8 Å². The van der Waals surface area contributed by atoms with Gasteiger partial charge < -0.3 is 14.8 Å². The fourth-order valence-corrected chi connectivity index (χ4v) is 1.95. The summed E-state index contributed by atoms with van der Waals surface area (Å²) in [6.07, 6.45) is 0. The molecule has 0 unspecified atom stereocenters. The second-order valence-electron chi connectivity index (χ2n) is 4.33. The Kier molecular flexibility index (Phi) is 4.62. The lowest BCUT2D eigenvalue weighted by molar-refractivity contribution is 0.395. The molecule has 4 nitrogen and oxygen atoms in total. The third-order valence-electron chi connectivity index (χ3n) is 3.07. The van der Waals surface area contributed by atoms with Gasteiger partial charge in [-0.1, -0.05) is 0 Å². The van der Waals surface area contributed by atoms with Crippen LogP contribution in [-0.4, -0.2) is 14.2 Å². The second kappa shape index (κ2) is 6.62. The van der Waals surface area contributed by atoms with Gasteiger partial charge in [-0.05, 0) is 35.9 Å². The van der Waals surface area contributed by atoms with Gasteiger partial charge in [0.15, 0.2) is 0 Å². The molecule has 0 aliphatic heterocycles. The molecule has 1 N–H and O–H groups in total. The van der Waals surface area contributed by atoms with E-state index in [4.69, 9.17) is 14.7 Å². The number of rotatable bonds is 5. The number of hydrogen-bond donors (Lipinski definition) is 1. The predicted molar refractivity (Wildman–Crippen MR) is 78.0 cm³/mol. The Hall–Kier alpha value is -2.74. The average molecular weight is 286 g/mol. The zero-order chi connectivity index (χ0) is 15.2. The summed E-state index contributed by atoms with van der Waals surface area (Å²) in [6.45, 7) is 0.323. The first-order valence-corrected chi connectivity index (χ1v) is 6.32. The van der Waals surface area contributed by atoms with E-state index in [-0.39, 0.29) is 5.82 Å². The van der Waals surface area contributed by atoms with Crippen molar-refractivity contribution in [3.05, 3.63) is 53.3 Å². The van der Waals surface area contributed by atoms with Gasteiger partial charge in [0, 0.05) is 12.6 Å². The SMILES string of the molecule is COc1ccc(NCc2cc(F)ccc2C#N)c(OC)c1. The van der Waals surface area contributed by atoms with E-state index >= 15 is 0 Å². The highest BCUT2D eigenvalue weighted by Gasteiger charge is 2.07. The number of halogens is 1. The zero-order valence-corrected chi connectivity index (χ0v) is 11.8. The summed E-state index contributed by atoms with van der Waals surface area (Å²) < 4.78 is 23.7. The van der Waals surface area contributed by atoms with Crippen molar-refractivity contribution in [1.29, 1.82) is 5.26 Å². The van der Waals surface area contributed by atoms with Crippen LogP contribution in [0.5, 0.6) is 11.5 Å². The predicted octanol–water partition coefficient (Wildman–Crippen LogP) is 3.33. The maximum atomic E-state index is 13.3. The molecule has 2 aromatic carbocycles. The van der Waals surface area contributed by atoms with Crippen LogP contribution in [0.2, 0.25) is 0 Å². The van der Waals surface area contributed by atoms with Gasteiger partial charge in [0.2, 0.25) is 0 Å². The Labute approximate surface area is 122 Å². The van der Waals surface area contributed by atoms with E-state index in [0.717, 1.165) is 5.69 Å². The number of ether oxygens (including phenoxy) is 2. The summed E-state index contributed by atoms with van der Waals surface area (Å²) in [6, 6.07) is 11.5. The maximum Gasteiger partial charge on any atom is 0.145 e. The Morgan fingerprint density at radius 2 is 1.95 bits per heavy atom. The molecular formula is C16H15FN2O2. The molecular weight excluding hydrogens is 271 g/mol. The summed E-state index contributed by atoms with van der Waals surface area (Å²) >= 11 is 0. The molecule has 0 saturated carbocycles. The molecule has 0 atom stereocenters. The number of anilines is 1. The van der Waals surface area contributed by atoms with E-state index in [9.17, 15) is 4.39 Å². The van der Waals surface area contributed by atoms with Crippen LogP contribution in [0.3, 0.4) is 0 Å². The third-order valence-corrected chi connectivity index (χ3v) is 3.07. The van der Waals surface area contributed by atoms with Crippen molar-refractivity contribution in [2.45, 2.75) is 6.54 Å². The summed E-state index contributed by atoms with van der Waals surface area (Å²) in [7, 11) is 3.14. The molecule has 0 heterocycles. The van der Waals surface area contributed by atoms with Crippen molar-refractivity contribution in [3.8, 4) is 17.6 Å². The number of methoxy groups -OCH3 is 2. The van der Waals surface area contributed by atoms with Crippen LogP contribution in [0.15, 0.2) is 36.4 Å². The molecule has 5 heteroatoms. The van der Waals surface area contributed by atoms with Crippen molar-refractivity contribution in [2.24, 2.45) is 0 Å². The van der Waals surface area contributed by atoms with Crippen LogP contribution >= 0.6 is 0 Å². The van der Waals surface area contributed by atoms with Gasteiger partial charge in [-0.2, -0.15) is 5.26 Å². The Morgan fingerprint density at radius 3 is 2.62 bits per heavy atom. The largest absolute Gasteiger partial charge is 0.497 e. The number of nitrogens with one attached hydrogen (secondary N) is 1. The van der Waals surface area contributed by atoms with Crippen molar-refractivity contribution in [1.82, 2.24) is 0 Å². The quantitative estimate of drug-likeness (QED) is 0.916. The molecule has 2 rings (SSSR count). The molecule has 2 aromatic rings. The monoisotopic (exact) mass is 286 g/mol. The van der Waals surface area contributed by atoms with Gasteiger partial charge in [-0.25, -0.2) is 4.39 Å². The molecule has 0 bridgehead atoms. The molecule has 0 aromatic heterocycles. The summed E-state index contributed by atoms with van der Waals surface area (Å²) in [5.74, 6) is 0.928. The first kappa shape index (κ1) is 14.7. The van der Waals surface area contributed by atoms with E-state index in [1.807, 2.05) is 12.1 Å². The summed E-state index contributed by atoms with van der Waals surface area (Å²) in [5, 5.41) is 12.2. The Morgan fingerprint density at radius 1 is 1.14 bits per heavy atom. The molecule has 0 spiro atoms. The van der Waals surface area contributed by atoms with Gasteiger partial charge >= 0.3 is 0 Å². The third kappa shape index (κ3) is 3.42. The molecule has 0 fully saturated rings. The molecule has 0 aliphatic carbocycles. The minimum atomic E-state index is -0.368. The molecule has 0 radical (unpaired) electrons. The van der Waals surface area contributed by atoms with Crippen molar-refractivity contribution in [3.63, 3.8) is 0 Å². The Balaban J connectivity index is 2.20. The van der Waals surface area contributed by atoms with Crippen molar-refractivity contribution in [2.75, 3.05) is 19.5 Å². The summed E-state index contributed by atoms with van der Waals surface area (Å²) in [4.78, 5) is 0. The van der Waals surface area contributed by atoms with Gasteiger partial charge in [0.25, 0.3) is 0 Å². The Bertz CT molecular complexity index is 680. The van der Waals surface area contributed by atoms with Crippen LogP contribution in [0.1, 0.15) is 11.1 Å². The van der Waals surface area contributed by atoms with Crippen LogP contribution in [-0.2, 0) is 6.54 Å². The zero-order valence-electron chi connectivity index (χ0n) is 11.8. The number of benzene rings is 2. The van der Waals surface area contributed by atoms with Crippen LogP contribution in [0.25, 0.3) is 0 Å². The van der Waals surface area contributed by atoms with Crippen LogP contribution in [0, 0.1) is 17.1 Å². The van der Waals surface area contributed by atoms with Gasteiger partial charge in [-0.15, -0.1) is 0 Å². The molecule has 0 saturated heterocycles. The van der Waals surface area contributed by atoms with Gasteiger partial charge in [0.1, 0.15) is 17.3 Å². The number of nitrogens with zero attached hydrogens (tertiary/aromatic N) is 1. The fourth-order valence-electron chi connectivity index (χ4n) is 1.95. The van der Waals surface area contributed by atoms with E-state index < -0.39 is 0 Å². The summed E-state index contributed by atoms with van der Waals surface area (Å²) in [5.41, 5.74) is 1.78. The highest BCUT2D eigenvalue weighted by molar-refractivity contribution is 5.59. The van der Waals surface area contributed by atoms with E-state index in [1.54, 1.807) is 26.4 Å². The number of hydrogen-bond acceptors (Lipinski definition) is 4. The van der Waals surface area contributed by atoms with Crippen LogP contribution in [0.4, 0.5) is 10.1 Å². The molecule has 21 heavy (non-hydrogen) atoms. The fraction of sp³-hybridized carbons (Fsp3) is 0.188. The smallest absolute Gasteiger partial charge is 0.145 e. The second-order valence-corrected chi connectivity index (χ2v) is 4.33. The molecule has 0 amide bonds. The first-order valence-electron chi connectivity index (χ1n) is 6.32. The lowest BCUT2D eigenvalue weighted by atomic mass is 10.1. The van der Waals surface area contributed by atoms with Gasteiger partial charge in [0.05, 0.1) is 31.5 Å². The van der Waals surface area contributed by atoms with E-state index in [2.05, 4.69) is 5.32 Å². The minimum Gasteiger partial charge on any atom is -0.497 e. The lowest BCUT2D eigenvalue weighted by Crippen LogP contribution is -2.04. The highest BCUT2D eigenvalue weighted by atomic mass is 19.1. The van der Waals surface area contributed by atoms with E-state index in [0.29, 0.717) is 29.2 Å². The number of nitriles is 1. The first-order chi connectivity index (χ1) is 10.2. The minimum absolute atomic E-state index is 0.323. The average Bonchev–Trinajstić information content (AvgIpc) is 2.52. The van der Waals surface area contributed by atoms with Crippen molar-refractivity contribution >= 4 is 5.69 Å². The lowest BCUT2D eigenvalue weighted by Gasteiger charge is -2.13. The maximum absolute atomic E-state index is 13.3. The molecule has 0 aliphatic rings.